The summed E-state index contributed by atoms with van der Waals surface area (Å²) < 4.78 is 23.6. The smallest absolute Gasteiger partial charge is 0.331 e. The Balaban J connectivity index is 1.61. The highest BCUT2D eigenvalue weighted by Crippen LogP contribution is 2.31. The van der Waals surface area contributed by atoms with Crippen molar-refractivity contribution in [1.29, 1.82) is 0 Å². The van der Waals surface area contributed by atoms with Crippen molar-refractivity contribution in [3.05, 3.63) is 52.9 Å². The van der Waals surface area contributed by atoms with Gasteiger partial charge in [0.05, 0.1) is 20.3 Å². The van der Waals surface area contributed by atoms with E-state index < -0.39 is 5.97 Å². The molecule has 1 aliphatic heterocycles. The number of ether oxygens (including phenoxy) is 4. The Morgan fingerprint density at radius 1 is 1.23 bits per heavy atom. The van der Waals surface area contributed by atoms with Crippen LogP contribution in [0.1, 0.15) is 40.2 Å². The van der Waals surface area contributed by atoms with Crippen LogP contribution >= 0.6 is 0 Å². The van der Waals surface area contributed by atoms with Crippen LogP contribution in [0, 0.1) is 13.8 Å². The fourth-order valence-electron chi connectivity index (χ4n) is 3.82. The minimum Gasteiger partial charge on any atom is -0.493 e. The average molecular weight is 427 g/mol. The quantitative estimate of drug-likeness (QED) is 0.345. The summed E-state index contributed by atoms with van der Waals surface area (Å²) in [6, 6.07) is 7.20. The topological polar surface area (TPSA) is 76.0 Å². The monoisotopic (exact) mass is 427 g/mol. The molecule has 1 unspecified atom stereocenters. The van der Waals surface area contributed by atoms with Crippen LogP contribution in [-0.4, -0.2) is 49.9 Å². The zero-order chi connectivity index (χ0) is 22.4. The molecule has 166 valence electrons. The maximum Gasteiger partial charge on any atom is 0.331 e. The van der Waals surface area contributed by atoms with Gasteiger partial charge in [0.15, 0.2) is 18.1 Å². The van der Waals surface area contributed by atoms with Gasteiger partial charge in [-0.1, -0.05) is 12.1 Å². The molecular weight excluding hydrogens is 398 g/mol. The van der Waals surface area contributed by atoms with E-state index in [-0.39, 0.29) is 18.5 Å². The molecule has 0 saturated carbocycles. The maximum absolute atomic E-state index is 12.6. The van der Waals surface area contributed by atoms with E-state index in [1.807, 2.05) is 19.9 Å². The van der Waals surface area contributed by atoms with Crippen LogP contribution in [0.3, 0.4) is 0 Å². The molecule has 2 heterocycles. The van der Waals surface area contributed by atoms with Crippen LogP contribution in [0.15, 0.2) is 30.3 Å². The van der Waals surface area contributed by atoms with E-state index in [0.29, 0.717) is 22.6 Å². The van der Waals surface area contributed by atoms with E-state index in [9.17, 15) is 9.59 Å². The highest BCUT2D eigenvalue weighted by Gasteiger charge is 2.21. The van der Waals surface area contributed by atoms with Crippen molar-refractivity contribution in [2.24, 2.45) is 0 Å². The van der Waals surface area contributed by atoms with Crippen molar-refractivity contribution < 1.29 is 28.5 Å². The second-order valence-corrected chi connectivity index (χ2v) is 7.48. The third-order valence-corrected chi connectivity index (χ3v) is 5.46. The Hall–Kier alpha value is -3.06. The van der Waals surface area contributed by atoms with Crippen molar-refractivity contribution in [2.75, 3.05) is 27.4 Å². The van der Waals surface area contributed by atoms with E-state index in [1.165, 1.54) is 13.2 Å². The normalized spacial score (nSPS) is 15.9. The fourth-order valence-corrected chi connectivity index (χ4v) is 3.82. The molecule has 0 spiro atoms. The van der Waals surface area contributed by atoms with Gasteiger partial charge in [-0.05, 0) is 44.9 Å². The number of carbonyl (C=O) groups is 2. The number of rotatable bonds is 9. The van der Waals surface area contributed by atoms with Gasteiger partial charge < -0.3 is 23.5 Å². The molecule has 1 aromatic heterocycles. The summed E-state index contributed by atoms with van der Waals surface area (Å²) in [6.45, 7) is 5.08. The molecule has 1 atom stereocenters. The maximum atomic E-state index is 12.6. The number of para-hydroxylation sites is 1. The first-order valence-electron chi connectivity index (χ1n) is 10.3. The van der Waals surface area contributed by atoms with Crippen molar-refractivity contribution in [3.8, 4) is 11.5 Å². The Kier molecular flexibility index (Phi) is 7.52. The van der Waals surface area contributed by atoms with E-state index in [4.69, 9.17) is 18.9 Å². The summed E-state index contributed by atoms with van der Waals surface area (Å²) in [6.07, 6.45) is 5.13. The summed E-state index contributed by atoms with van der Waals surface area (Å²) in [5.41, 5.74) is 3.10. The zero-order valence-electron chi connectivity index (χ0n) is 18.5. The van der Waals surface area contributed by atoms with Crippen LogP contribution in [0.2, 0.25) is 0 Å². The summed E-state index contributed by atoms with van der Waals surface area (Å²) >= 11 is 0. The predicted octanol–water partition coefficient (Wildman–Crippen LogP) is 3.74. The molecule has 7 nitrogen and oxygen atoms in total. The van der Waals surface area contributed by atoms with Gasteiger partial charge >= 0.3 is 5.97 Å². The standard InChI is InChI=1S/C24H29NO6/c1-16-13-20(17(2)25(16)14-19-8-6-12-30-19)21(26)15-31-23(27)11-10-18-7-5-9-22(28-3)24(18)29-4/h5,7,9-11,13,19H,6,8,12,14-15H2,1-4H3/b11-10+. The summed E-state index contributed by atoms with van der Waals surface area (Å²) in [4.78, 5) is 24.8. The first kappa shape index (κ1) is 22.6. The molecule has 2 aromatic rings. The van der Waals surface area contributed by atoms with Crippen LogP contribution < -0.4 is 9.47 Å². The molecule has 31 heavy (non-hydrogen) atoms. The number of carbonyl (C=O) groups excluding carboxylic acids is 2. The number of esters is 1. The molecule has 0 amide bonds. The minimum absolute atomic E-state index is 0.185. The van der Waals surface area contributed by atoms with Crippen molar-refractivity contribution >= 4 is 17.8 Å². The third-order valence-electron chi connectivity index (χ3n) is 5.46. The lowest BCUT2D eigenvalue weighted by molar-refractivity contribution is -0.136. The van der Waals surface area contributed by atoms with Gasteiger partial charge in [-0.25, -0.2) is 4.79 Å². The van der Waals surface area contributed by atoms with E-state index in [2.05, 4.69) is 4.57 Å². The molecule has 1 fully saturated rings. The van der Waals surface area contributed by atoms with E-state index in [1.54, 1.807) is 31.4 Å². The Morgan fingerprint density at radius 3 is 2.71 bits per heavy atom. The third kappa shape index (κ3) is 5.35. The lowest BCUT2D eigenvalue weighted by atomic mass is 10.1. The number of benzene rings is 1. The van der Waals surface area contributed by atoms with E-state index >= 15 is 0 Å². The van der Waals surface area contributed by atoms with Gasteiger partial charge in [0, 0.05) is 41.7 Å². The van der Waals surface area contributed by atoms with Gasteiger partial charge in [-0.3, -0.25) is 4.79 Å². The van der Waals surface area contributed by atoms with Gasteiger partial charge in [0.2, 0.25) is 5.78 Å². The van der Waals surface area contributed by atoms with Crippen LogP contribution in [0.4, 0.5) is 0 Å². The second-order valence-electron chi connectivity index (χ2n) is 7.48. The lowest BCUT2D eigenvalue weighted by Crippen LogP contribution is -2.18. The van der Waals surface area contributed by atoms with Gasteiger partial charge in [0.25, 0.3) is 0 Å². The molecule has 3 rings (SSSR count). The Bertz CT molecular complexity index is 969. The molecule has 7 heteroatoms. The summed E-state index contributed by atoms with van der Waals surface area (Å²) in [5.74, 6) is 0.245. The summed E-state index contributed by atoms with van der Waals surface area (Å²) in [7, 11) is 3.07. The number of nitrogens with zero attached hydrogens (tertiary/aromatic N) is 1. The number of Topliss-reactive ketones (excluding diaryl/α,β-unsaturated/α-hetero) is 1. The Morgan fingerprint density at radius 2 is 2.03 bits per heavy atom. The average Bonchev–Trinajstić information content (AvgIpc) is 3.39. The first-order chi connectivity index (χ1) is 14.9. The largest absolute Gasteiger partial charge is 0.493 e. The highest BCUT2D eigenvalue weighted by molar-refractivity contribution is 6.00. The minimum atomic E-state index is -0.605. The number of aryl methyl sites for hydroxylation is 1. The number of aromatic nitrogens is 1. The van der Waals surface area contributed by atoms with Crippen LogP contribution in [0.5, 0.6) is 11.5 Å². The van der Waals surface area contributed by atoms with Crippen molar-refractivity contribution in [1.82, 2.24) is 4.57 Å². The molecule has 1 saturated heterocycles. The van der Waals surface area contributed by atoms with Crippen molar-refractivity contribution in [2.45, 2.75) is 39.3 Å². The molecule has 1 aliphatic rings. The first-order valence-corrected chi connectivity index (χ1v) is 10.3. The predicted molar refractivity (Wildman–Crippen MR) is 117 cm³/mol. The molecule has 0 aliphatic carbocycles. The molecule has 0 radical (unpaired) electrons. The Labute approximate surface area is 182 Å². The number of methoxy groups -OCH3 is 2. The number of ketones is 1. The second kappa shape index (κ2) is 10.3. The SMILES string of the molecule is COc1cccc(/C=C/C(=O)OCC(=O)c2cc(C)n(CC3CCCO3)c2C)c1OC. The molecule has 0 bridgehead atoms. The number of hydrogen-bond acceptors (Lipinski definition) is 6. The van der Waals surface area contributed by atoms with Crippen molar-refractivity contribution in [3.63, 3.8) is 0 Å². The van der Waals surface area contributed by atoms with Gasteiger partial charge in [0.1, 0.15) is 0 Å². The van der Waals surface area contributed by atoms with Crippen LogP contribution in [-0.2, 0) is 20.8 Å². The fraction of sp³-hybridized carbons (Fsp3) is 0.417. The lowest BCUT2D eigenvalue weighted by Gasteiger charge is -2.14. The van der Waals surface area contributed by atoms with Crippen LogP contribution in [0.25, 0.3) is 6.08 Å². The zero-order valence-corrected chi connectivity index (χ0v) is 18.5. The highest BCUT2D eigenvalue weighted by atomic mass is 16.5. The van der Waals surface area contributed by atoms with E-state index in [0.717, 1.165) is 37.4 Å². The van der Waals surface area contributed by atoms with Gasteiger partial charge in [-0.2, -0.15) is 0 Å². The summed E-state index contributed by atoms with van der Waals surface area (Å²) in [5, 5.41) is 0. The van der Waals surface area contributed by atoms with Gasteiger partial charge in [-0.15, -0.1) is 0 Å². The number of hydrogen-bond donors (Lipinski definition) is 0. The molecule has 0 N–H and O–H groups in total. The molecule has 1 aromatic carbocycles. The molecular formula is C24H29NO6.